The molecule has 3 N–H and O–H groups in total. The van der Waals surface area contributed by atoms with Crippen LogP contribution in [-0.4, -0.2) is 62.4 Å². The molecule has 164 valence electrons. The molecular weight excluding hydrogens is 400 g/mol. The fraction of sp³-hybridized carbons (Fsp3) is 0.333. The molecule has 0 radical (unpaired) electrons. The number of nitrogen functional groups attached to an aromatic ring is 1. The number of nitrogens with two attached hydrogens (primary N) is 1. The molecule has 1 saturated heterocycles. The van der Waals surface area contributed by atoms with Gasteiger partial charge in [-0.25, -0.2) is 0 Å². The van der Waals surface area contributed by atoms with Gasteiger partial charge in [0, 0.05) is 36.6 Å². The smallest absolute Gasteiger partial charge is 0.248 e. The van der Waals surface area contributed by atoms with Gasteiger partial charge >= 0.3 is 0 Å². The number of morpholine rings is 1. The molecule has 2 heterocycles. The molecule has 1 aliphatic heterocycles. The summed E-state index contributed by atoms with van der Waals surface area (Å²) in [6.45, 7) is 3.14. The van der Waals surface area contributed by atoms with Gasteiger partial charge in [0.1, 0.15) is 0 Å². The topological polar surface area (TPSA) is 109 Å². The van der Waals surface area contributed by atoms with E-state index in [9.17, 15) is 0 Å². The third kappa shape index (κ3) is 4.29. The van der Waals surface area contributed by atoms with Crippen molar-refractivity contribution < 1.29 is 18.9 Å². The van der Waals surface area contributed by atoms with E-state index in [1.807, 2.05) is 18.2 Å². The Morgan fingerprint density at radius 1 is 0.968 bits per heavy atom. The summed E-state index contributed by atoms with van der Waals surface area (Å²) in [5.74, 6) is 2.18. The van der Waals surface area contributed by atoms with Gasteiger partial charge in [-0.2, -0.15) is 9.67 Å². The van der Waals surface area contributed by atoms with Crippen molar-refractivity contribution in [3.05, 3.63) is 36.4 Å². The summed E-state index contributed by atoms with van der Waals surface area (Å²) in [5.41, 5.74) is 8.75. The second-order valence-electron chi connectivity index (χ2n) is 6.86. The predicted octanol–water partition coefficient (Wildman–Crippen LogP) is 2.46. The summed E-state index contributed by atoms with van der Waals surface area (Å²) in [6, 6.07) is 11.6. The Hall–Kier alpha value is -3.66. The van der Waals surface area contributed by atoms with Crippen molar-refractivity contribution in [1.82, 2.24) is 14.8 Å². The van der Waals surface area contributed by atoms with Crippen molar-refractivity contribution in [2.75, 3.05) is 63.6 Å². The number of nitrogens with one attached hydrogen (secondary N) is 1. The molecule has 4 rings (SSSR count). The fourth-order valence-electron chi connectivity index (χ4n) is 3.49. The normalized spacial score (nSPS) is 13.7. The molecule has 31 heavy (non-hydrogen) atoms. The molecule has 3 aromatic rings. The number of ether oxygens (including phenoxy) is 4. The Balaban J connectivity index is 1.60. The summed E-state index contributed by atoms with van der Waals surface area (Å²) in [6.07, 6.45) is 0. The monoisotopic (exact) mass is 426 g/mol. The molecule has 1 aliphatic rings. The van der Waals surface area contributed by atoms with E-state index in [4.69, 9.17) is 24.7 Å². The zero-order valence-corrected chi connectivity index (χ0v) is 17.8. The van der Waals surface area contributed by atoms with Crippen LogP contribution in [0.25, 0.3) is 5.69 Å². The van der Waals surface area contributed by atoms with Gasteiger partial charge in [-0.15, -0.1) is 5.10 Å². The lowest BCUT2D eigenvalue weighted by atomic mass is 10.2. The van der Waals surface area contributed by atoms with Crippen LogP contribution in [0.2, 0.25) is 0 Å². The molecule has 0 unspecified atom stereocenters. The van der Waals surface area contributed by atoms with E-state index >= 15 is 0 Å². The number of rotatable bonds is 7. The molecule has 0 amide bonds. The van der Waals surface area contributed by atoms with Crippen molar-refractivity contribution in [2.45, 2.75) is 0 Å². The van der Waals surface area contributed by atoms with Crippen LogP contribution in [0.4, 0.5) is 23.3 Å². The van der Waals surface area contributed by atoms with Crippen molar-refractivity contribution in [1.29, 1.82) is 0 Å². The minimum atomic E-state index is 0.272. The lowest BCUT2D eigenvalue weighted by molar-refractivity contribution is 0.122. The maximum absolute atomic E-state index is 6.16. The third-order valence-corrected chi connectivity index (χ3v) is 5.00. The van der Waals surface area contributed by atoms with E-state index in [0.29, 0.717) is 28.9 Å². The van der Waals surface area contributed by atoms with E-state index in [2.05, 4.69) is 26.4 Å². The lowest BCUT2D eigenvalue weighted by Gasteiger charge is -2.29. The second kappa shape index (κ2) is 9.00. The average Bonchev–Trinajstić information content (AvgIpc) is 3.18. The Morgan fingerprint density at radius 3 is 2.29 bits per heavy atom. The summed E-state index contributed by atoms with van der Waals surface area (Å²) in [4.78, 5) is 6.62. The molecular formula is C21H26N6O4. The number of nitrogens with zero attached hydrogens (tertiary/aromatic N) is 4. The Morgan fingerprint density at radius 2 is 1.65 bits per heavy atom. The maximum Gasteiger partial charge on any atom is 0.248 e. The molecule has 2 aromatic carbocycles. The SMILES string of the molecule is COc1cc(Nc2nc(N)n(-c3cccc(N4CCOCC4)c3)n2)cc(OC)c1OC. The van der Waals surface area contributed by atoms with Crippen LogP contribution in [0.15, 0.2) is 36.4 Å². The number of aromatic nitrogens is 3. The van der Waals surface area contributed by atoms with Crippen LogP contribution in [0, 0.1) is 0 Å². The molecule has 0 saturated carbocycles. The number of hydrogen-bond acceptors (Lipinski definition) is 9. The molecule has 10 nitrogen and oxygen atoms in total. The van der Waals surface area contributed by atoms with Gasteiger partial charge < -0.3 is 34.9 Å². The summed E-state index contributed by atoms with van der Waals surface area (Å²) in [5, 5.41) is 7.68. The molecule has 10 heteroatoms. The highest BCUT2D eigenvalue weighted by Gasteiger charge is 2.16. The number of anilines is 4. The molecule has 0 spiro atoms. The van der Waals surface area contributed by atoms with Crippen LogP contribution >= 0.6 is 0 Å². The first-order valence-electron chi connectivity index (χ1n) is 9.85. The Kier molecular flexibility index (Phi) is 5.99. The summed E-state index contributed by atoms with van der Waals surface area (Å²) >= 11 is 0. The van der Waals surface area contributed by atoms with Crippen molar-refractivity contribution >= 4 is 23.3 Å². The van der Waals surface area contributed by atoms with Gasteiger partial charge in [0.05, 0.1) is 40.2 Å². The summed E-state index contributed by atoms with van der Waals surface area (Å²) in [7, 11) is 4.68. The van der Waals surface area contributed by atoms with Crippen LogP contribution in [0.1, 0.15) is 0 Å². The highest BCUT2D eigenvalue weighted by molar-refractivity contribution is 5.66. The van der Waals surface area contributed by atoms with Gasteiger partial charge in [-0.1, -0.05) is 6.07 Å². The Bertz CT molecular complexity index is 1020. The molecule has 1 aromatic heterocycles. The van der Waals surface area contributed by atoms with Crippen LogP contribution < -0.4 is 30.2 Å². The number of hydrogen-bond donors (Lipinski definition) is 2. The van der Waals surface area contributed by atoms with E-state index in [-0.39, 0.29) is 5.95 Å². The molecule has 0 aliphatic carbocycles. The first kappa shape index (κ1) is 20.6. The maximum atomic E-state index is 6.16. The summed E-state index contributed by atoms with van der Waals surface area (Å²) < 4.78 is 23.2. The highest BCUT2D eigenvalue weighted by Crippen LogP contribution is 2.40. The van der Waals surface area contributed by atoms with Gasteiger partial charge in [-0.05, 0) is 18.2 Å². The zero-order valence-electron chi connectivity index (χ0n) is 17.8. The van der Waals surface area contributed by atoms with Crippen molar-refractivity contribution in [2.24, 2.45) is 0 Å². The number of benzene rings is 2. The second-order valence-corrected chi connectivity index (χ2v) is 6.86. The standard InChI is InChI=1S/C21H26N6O4/c1-28-17-11-14(12-18(29-2)19(17)30-3)23-21-24-20(22)27(25-21)16-6-4-5-15(13-16)26-7-9-31-10-8-26/h4-6,11-13H,7-10H2,1-3H3,(H3,22,23,24,25). The molecule has 1 fully saturated rings. The predicted molar refractivity (Wildman–Crippen MR) is 118 cm³/mol. The van der Waals surface area contributed by atoms with E-state index in [0.717, 1.165) is 37.7 Å². The highest BCUT2D eigenvalue weighted by atomic mass is 16.5. The molecule has 0 bridgehead atoms. The van der Waals surface area contributed by atoms with Gasteiger partial charge in [0.2, 0.25) is 17.6 Å². The zero-order chi connectivity index (χ0) is 21.8. The van der Waals surface area contributed by atoms with Crippen molar-refractivity contribution in [3.8, 4) is 22.9 Å². The first-order valence-corrected chi connectivity index (χ1v) is 9.85. The Labute approximate surface area is 180 Å². The third-order valence-electron chi connectivity index (χ3n) is 5.00. The van der Waals surface area contributed by atoms with Crippen LogP contribution in [0.3, 0.4) is 0 Å². The number of methoxy groups -OCH3 is 3. The average molecular weight is 426 g/mol. The lowest BCUT2D eigenvalue weighted by Crippen LogP contribution is -2.36. The van der Waals surface area contributed by atoms with Gasteiger partial charge in [0.15, 0.2) is 11.5 Å². The van der Waals surface area contributed by atoms with E-state index in [1.165, 1.54) is 0 Å². The first-order chi connectivity index (χ1) is 15.1. The molecule has 0 atom stereocenters. The van der Waals surface area contributed by atoms with Crippen molar-refractivity contribution in [3.63, 3.8) is 0 Å². The minimum absolute atomic E-state index is 0.272. The van der Waals surface area contributed by atoms with Gasteiger partial charge in [0.25, 0.3) is 0 Å². The van der Waals surface area contributed by atoms with Crippen LogP contribution in [0.5, 0.6) is 17.2 Å². The van der Waals surface area contributed by atoms with Crippen LogP contribution in [-0.2, 0) is 4.74 Å². The largest absolute Gasteiger partial charge is 0.493 e. The quantitative estimate of drug-likeness (QED) is 0.589. The fourth-order valence-corrected chi connectivity index (χ4v) is 3.49. The van der Waals surface area contributed by atoms with E-state index in [1.54, 1.807) is 38.1 Å². The minimum Gasteiger partial charge on any atom is -0.493 e. The van der Waals surface area contributed by atoms with Gasteiger partial charge in [-0.3, -0.25) is 0 Å². The van der Waals surface area contributed by atoms with E-state index < -0.39 is 0 Å².